The molecule has 0 saturated carbocycles. The van der Waals surface area contributed by atoms with Crippen molar-refractivity contribution in [2.24, 2.45) is 0 Å². The normalized spacial score (nSPS) is 12.7. The highest BCUT2D eigenvalue weighted by Crippen LogP contribution is 2.35. The Balaban J connectivity index is 1.85. The van der Waals surface area contributed by atoms with E-state index in [1.807, 2.05) is 19.1 Å². The second-order valence-corrected chi connectivity index (χ2v) is 8.06. The summed E-state index contributed by atoms with van der Waals surface area (Å²) < 4.78 is 28.1. The van der Waals surface area contributed by atoms with E-state index in [0.29, 0.717) is 24.2 Å². The molecule has 0 aromatic heterocycles. The van der Waals surface area contributed by atoms with E-state index in [4.69, 9.17) is 0 Å². The van der Waals surface area contributed by atoms with Gasteiger partial charge < -0.3 is 5.32 Å². The van der Waals surface area contributed by atoms with E-state index in [2.05, 4.69) is 16.1 Å². The molecule has 0 spiro atoms. The number of benzene rings is 2. The van der Waals surface area contributed by atoms with Gasteiger partial charge in [-0.05, 0) is 48.2 Å². The van der Waals surface area contributed by atoms with Crippen LogP contribution in [0.3, 0.4) is 0 Å². The van der Waals surface area contributed by atoms with Crippen LogP contribution in [-0.2, 0) is 27.8 Å². The average Bonchev–Trinajstić information content (AvgIpc) is 3.08. The van der Waals surface area contributed by atoms with Crippen LogP contribution >= 0.6 is 0 Å². The van der Waals surface area contributed by atoms with Gasteiger partial charge in [-0.25, -0.2) is 8.42 Å². The maximum Gasteiger partial charge on any atom is 0.261 e. The molecule has 0 atom stereocenters. The number of allylic oxidation sites excluding steroid dienone is 2. The van der Waals surface area contributed by atoms with E-state index in [1.165, 1.54) is 19.1 Å². The molecule has 0 heterocycles. The summed E-state index contributed by atoms with van der Waals surface area (Å²) in [5.41, 5.74) is 4.44. The average molecular weight is 381 g/mol. The molecule has 0 saturated heterocycles. The zero-order chi connectivity index (χ0) is 19.6. The van der Waals surface area contributed by atoms with Crippen LogP contribution in [0.1, 0.15) is 29.2 Å². The Labute approximate surface area is 158 Å². The predicted molar refractivity (Wildman–Crippen MR) is 103 cm³/mol. The molecule has 1 aliphatic carbocycles. The Bertz CT molecular complexity index is 1080. The molecule has 138 valence electrons. The lowest BCUT2D eigenvalue weighted by Gasteiger charge is -2.14. The molecule has 3 rings (SSSR count). The SMILES string of the molecule is CC(=O)NCc1ccc(S(=O)(=O)Nc2ccc(C)c3c2CC=C3C#N)cc1. The number of nitrogens with one attached hydrogen (secondary N) is 2. The van der Waals surface area contributed by atoms with Gasteiger partial charge in [0.1, 0.15) is 0 Å². The second kappa shape index (κ2) is 7.25. The Morgan fingerprint density at radius 2 is 1.89 bits per heavy atom. The summed E-state index contributed by atoms with van der Waals surface area (Å²) in [5, 5.41) is 11.9. The molecular weight excluding hydrogens is 362 g/mol. The maximum atomic E-state index is 12.8. The Hall–Kier alpha value is -3.11. The predicted octanol–water partition coefficient (Wildman–Crippen LogP) is 2.90. The molecule has 2 aromatic rings. The van der Waals surface area contributed by atoms with Gasteiger partial charge in [0.25, 0.3) is 10.0 Å². The third kappa shape index (κ3) is 3.86. The van der Waals surface area contributed by atoms with Crippen LogP contribution in [0.15, 0.2) is 47.4 Å². The summed E-state index contributed by atoms with van der Waals surface area (Å²) in [5.74, 6) is -0.146. The van der Waals surface area contributed by atoms with Crippen LogP contribution in [0.25, 0.3) is 5.57 Å². The van der Waals surface area contributed by atoms with Crippen LogP contribution in [-0.4, -0.2) is 14.3 Å². The van der Waals surface area contributed by atoms with E-state index in [9.17, 15) is 18.5 Å². The zero-order valence-corrected chi connectivity index (χ0v) is 15.9. The molecule has 27 heavy (non-hydrogen) atoms. The molecule has 2 aromatic carbocycles. The van der Waals surface area contributed by atoms with Crippen molar-refractivity contribution in [1.29, 1.82) is 5.26 Å². The van der Waals surface area contributed by atoms with Gasteiger partial charge in [0, 0.05) is 19.0 Å². The molecule has 6 nitrogen and oxygen atoms in total. The third-order valence-electron chi connectivity index (χ3n) is 4.44. The fourth-order valence-corrected chi connectivity index (χ4v) is 4.16. The first kappa shape index (κ1) is 18.7. The van der Waals surface area contributed by atoms with Crippen LogP contribution in [0.2, 0.25) is 0 Å². The van der Waals surface area contributed by atoms with Gasteiger partial charge in [0.2, 0.25) is 5.91 Å². The fourth-order valence-electron chi connectivity index (χ4n) is 3.07. The van der Waals surface area contributed by atoms with E-state index in [-0.39, 0.29) is 10.8 Å². The highest BCUT2D eigenvalue weighted by molar-refractivity contribution is 7.92. The smallest absolute Gasteiger partial charge is 0.261 e. The van der Waals surface area contributed by atoms with Gasteiger partial charge in [-0.3, -0.25) is 9.52 Å². The lowest BCUT2D eigenvalue weighted by molar-refractivity contribution is -0.119. The monoisotopic (exact) mass is 381 g/mol. The molecule has 0 unspecified atom stereocenters. The van der Waals surface area contributed by atoms with Gasteiger partial charge >= 0.3 is 0 Å². The number of anilines is 1. The second-order valence-electron chi connectivity index (χ2n) is 6.38. The lowest BCUT2D eigenvalue weighted by Crippen LogP contribution is -2.19. The van der Waals surface area contributed by atoms with Gasteiger partial charge in [-0.2, -0.15) is 5.26 Å². The van der Waals surface area contributed by atoms with Crippen molar-refractivity contribution in [2.45, 2.75) is 31.7 Å². The number of carbonyl (C=O) groups is 1. The van der Waals surface area contributed by atoms with Crippen molar-refractivity contribution in [2.75, 3.05) is 4.72 Å². The number of carbonyl (C=O) groups excluding carboxylic acids is 1. The van der Waals surface area contributed by atoms with Gasteiger partial charge in [0.15, 0.2) is 0 Å². The lowest BCUT2D eigenvalue weighted by atomic mass is 9.99. The molecule has 2 N–H and O–H groups in total. The molecule has 7 heteroatoms. The summed E-state index contributed by atoms with van der Waals surface area (Å²) in [6.07, 6.45) is 2.33. The quantitative estimate of drug-likeness (QED) is 0.832. The number of amides is 1. The van der Waals surface area contributed by atoms with Crippen LogP contribution in [0, 0.1) is 18.3 Å². The number of fused-ring (bicyclic) bond motifs is 1. The van der Waals surface area contributed by atoms with Crippen molar-refractivity contribution in [3.8, 4) is 6.07 Å². The Morgan fingerprint density at radius 3 is 2.52 bits per heavy atom. The Kier molecular flexibility index (Phi) is 5.02. The molecule has 0 radical (unpaired) electrons. The number of rotatable bonds is 5. The highest BCUT2D eigenvalue weighted by atomic mass is 32.2. The van der Waals surface area contributed by atoms with Crippen molar-refractivity contribution >= 4 is 27.2 Å². The minimum atomic E-state index is -3.76. The zero-order valence-electron chi connectivity index (χ0n) is 15.0. The van der Waals surface area contributed by atoms with Crippen molar-refractivity contribution < 1.29 is 13.2 Å². The molecular formula is C20H19N3O3S. The van der Waals surface area contributed by atoms with Crippen LogP contribution < -0.4 is 10.0 Å². The minimum Gasteiger partial charge on any atom is -0.352 e. The van der Waals surface area contributed by atoms with Crippen molar-refractivity contribution in [3.05, 3.63) is 64.7 Å². The van der Waals surface area contributed by atoms with E-state index >= 15 is 0 Å². The molecule has 1 amide bonds. The first-order valence-corrected chi connectivity index (χ1v) is 9.89. The molecule has 0 aliphatic heterocycles. The van der Waals surface area contributed by atoms with Crippen molar-refractivity contribution in [3.63, 3.8) is 0 Å². The highest BCUT2D eigenvalue weighted by Gasteiger charge is 2.22. The standard InChI is InChI=1S/C20H19N3O3S/c1-13-3-10-19(18-9-6-16(11-21)20(13)18)23-27(25,26)17-7-4-15(5-8-17)12-22-14(2)24/h3-8,10,23H,9,12H2,1-2H3,(H,22,24). The summed E-state index contributed by atoms with van der Waals surface area (Å²) in [6, 6.07) is 12.0. The number of sulfonamides is 1. The number of hydrogen-bond donors (Lipinski definition) is 2. The first-order chi connectivity index (χ1) is 12.8. The largest absolute Gasteiger partial charge is 0.352 e. The molecule has 0 fully saturated rings. The van der Waals surface area contributed by atoms with Crippen LogP contribution in [0.4, 0.5) is 5.69 Å². The summed E-state index contributed by atoms with van der Waals surface area (Å²) in [4.78, 5) is 11.1. The molecule has 0 bridgehead atoms. The molecule has 1 aliphatic rings. The summed E-state index contributed by atoms with van der Waals surface area (Å²) >= 11 is 0. The topological polar surface area (TPSA) is 99.1 Å². The number of hydrogen-bond acceptors (Lipinski definition) is 4. The Morgan fingerprint density at radius 1 is 1.19 bits per heavy atom. The van der Waals surface area contributed by atoms with Crippen LogP contribution in [0.5, 0.6) is 0 Å². The summed E-state index contributed by atoms with van der Waals surface area (Å²) in [7, 11) is -3.76. The van der Waals surface area contributed by atoms with E-state index < -0.39 is 10.0 Å². The van der Waals surface area contributed by atoms with E-state index in [1.54, 1.807) is 18.2 Å². The van der Waals surface area contributed by atoms with Crippen molar-refractivity contribution in [1.82, 2.24) is 5.32 Å². The van der Waals surface area contributed by atoms with E-state index in [0.717, 1.165) is 22.3 Å². The minimum absolute atomic E-state index is 0.134. The van der Waals surface area contributed by atoms with Gasteiger partial charge in [0.05, 0.1) is 22.2 Å². The maximum absolute atomic E-state index is 12.8. The third-order valence-corrected chi connectivity index (χ3v) is 5.82. The number of nitrogens with zero attached hydrogens (tertiary/aromatic N) is 1. The fraction of sp³-hybridized carbons (Fsp3) is 0.200. The number of aryl methyl sites for hydroxylation is 1. The van der Waals surface area contributed by atoms with Gasteiger partial charge in [-0.1, -0.05) is 24.3 Å². The number of nitriles is 1. The van der Waals surface area contributed by atoms with Gasteiger partial charge in [-0.15, -0.1) is 0 Å². The first-order valence-electron chi connectivity index (χ1n) is 8.41. The summed E-state index contributed by atoms with van der Waals surface area (Å²) in [6.45, 7) is 3.67.